The molecule has 1 aliphatic rings. The first-order chi connectivity index (χ1) is 12.6. The van der Waals surface area contributed by atoms with Crippen LogP contribution in [0.3, 0.4) is 0 Å². The lowest BCUT2D eigenvalue weighted by Crippen LogP contribution is -2.21. The summed E-state index contributed by atoms with van der Waals surface area (Å²) in [4.78, 5) is 9.17. The van der Waals surface area contributed by atoms with Gasteiger partial charge in [-0.3, -0.25) is 0 Å². The van der Waals surface area contributed by atoms with Crippen LogP contribution in [0.15, 0.2) is 48.5 Å². The molecule has 0 fully saturated rings. The van der Waals surface area contributed by atoms with Gasteiger partial charge in [0.2, 0.25) is 0 Å². The lowest BCUT2D eigenvalue weighted by Gasteiger charge is -2.27. The van der Waals surface area contributed by atoms with Crippen molar-refractivity contribution in [2.45, 2.75) is 26.3 Å². The number of ether oxygens (including phenoxy) is 1. The van der Waals surface area contributed by atoms with Crippen molar-refractivity contribution in [3.63, 3.8) is 0 Å². The van der Waals surface area contributed by atoms with Gasteiger partial charge in [-0.1, -0.05) is 35.9 Å². The molecule has 0 bridgehead atoms. The topological polar surface area (TPSA) is 47.0 Å². The van der Waals surface area contributed by atoms with Crippen LogP contribution in [-0.4, -0.2) is 16.6 Å². The molecule has 0 amide bonds. The third kappa shape index (κ3) is 3.37. The molecule has 5 heteroatoms. The molecule has 0 radical (unpaired) electrons. The summed E-state index contributed by atoms with van der Waals surface area (Å²) in [5.41, 5.74) is 4.13. The van der Waals surface area contributed by atoms with Crippen molar-refractivity contribution in [3.05, 3.63) is 70.5 Å². The molecule has 2 heterocycles. The summed E-state index contributed by atoms with van der Waals surface area (Å²) in [5.74, 6) is 2.50. The molecular weight excluding hydrogens is 346 g/mol. The SMILES string of the molecule is Cc1nc(NC2CCOc3ccccc32)cc(-c2ccc(Cl)c(C)c2)n1. The molecule has 26 heavy (non-hydrogen) atoms. The van der Waals surface area contributed by atoms with Crippen LogP contribution in [0, 0.1) is 13.8 Å². The Balaban J connectivity index is 1.66. The van der Waals surface area contributed by atoms with Gasteiger partial charge in [0.1, 0.15) is 17.4 Å². The van der Waals surface area contributed by atoms with Gasteiger partial charge in [-0.05, 0) is 37.6 Å². The Morgan fingerprint density at radius 2 is 1.92 bits per heavy atom. The lowest BCUT2D eigenvalue weighted by molar-refractivity contribution is 0.274. The number of aryl methyl sites for hydroxylation is 2. The molecule has 3 aromatic rings. The van der Waals surface area contributed by atoms with Crippen molar-refractivity contribution in [1.82, 2.24) is 9.97 Å². The Bertz CT molecular complexity index is 958. The molecule has 0 saturated heterocycles. The highest BCUT2D eigenvalue weighted by Gasteiger charge is 2.21. The molecule has 1 aromatic heterocycles. The van der Waals surface area contributed by atoms with Gasteiger partial charge >= 0.3 is 0 Å². The third-order valence-electron chi connectivity index (χ3n) is 4.57. The second-order valence-electron chi connectivity index (χ2n) is 6.52. The van der Waals surface area contributed by atoms with Gasteiger partial charge in [0.15, 0.2) is 0 Å². The molecule has 0 spiro atoms. The Labute approximate surface area is 158 Å². The van der Waals surface area contributed by atoms with Crippen molar-refractivity contribution in [3.8, 4) is 17.0 Å². The van der Waals surface area contributed by atoms with Crippen molar-refractivity contribution in [1.29, 1.82) is 0 Å². The number of anilines is 1. The summed E-state index contributed by atoms with van der Waals surface area (Å²) in [7, 11) is 0. The van der Waals surface area contributed by atoms with Gasteiger partial charge in [0.05, 0.1) is 18.3 Å². The minimum absolute atomic E-state index is 0.175. The molecule has 1 N–H and O–H groups in total. The first-order valence-electron chi connectivity index (χ1n) is 8.70. The van der Waals surface area contributed by atoms with Crippen molar-refractivity contribution in [2.24, 2.45) is 0 Å². The van der Waals surface area contributed by atoms with Crippen LogP contribution in [0.5, 0.6) is 5.75 Å². The predicted molar refractivity (Wildman–Crippen MR) is 105 cm³/mol. The monoisotopic (exact) mass is 365 g/mol. The number of fused-ring (bicyclic) bond motifs is 1. The fraction of sp³-hybridized carbons (Fsp3) is 0.238. The number of nitrogens with one attached hydrogen (secondary N) is 1. The van der Waals surface area contributed by atoms with Gasteiger partial charge in [0, 0.05) is 28.6 Å². The summed E-state index contributed by atoms with van der Waals surface area (Å²) < 4.78 is 5.75. The van der Waals surface area contributed by atoms with E-state index in [1.54, 1.807) is 0 Å². The smallest absolute Gasteiger partial charge is 0.130 e. The zero-order valence-corrected chi connectivity index (χ0v) is 15.5. The number of nitrogens with zero attached hydrogens (tertiary/aromatic N) is 2. The minimum Gasteiger partial charge on any atom is -0.493 e. The second-order valence-corrected chi connectivity index (χ2v) is 6.93. The number of rotatable bonds is 3. The number of para-hydroxylation sites is 1. The number of hydrogen-bond acceptors (Lipinski definition) is 4. The van der Waals surface area contributed by atoms with E-state index < -0.39 is 0 Å². The van der Waals surface area contributed by atoms with E-state index in [2.05, 4.69) is 27.4 Å². The Hall–Kier alpha value is -2.59. The summed E-state index contributed by atoms with van der Waals surface area (Å²) in [6.07, 6.45) is 0.898. The first kappa shape index (κ1) is 16.9. The molecule has 0 aliphatic carbocycles. The maximum absolute atomic E-state index is 6.15. The molecule has 132 valence electrons. The minimum atomic E-state index is 0.175. The summed E-state index contributed by atoms with van der Waals surface area (Å²) >= 11 is 6.15. The maximum Gasteiger partial charge on any atom is 0.130 e. The highest BCUT2D eigenvalue weighted by atomic mass is 35.5. The van der Waals surface area contributed by atoms with Crippen LogP contribution in [0.4, 0.5) is 5.82 Å². The second kappa shape index (κ2) is 6.96. The van der Waals surface area contributed by atoms with Crippen LogP contribution in [0.2, 0.25) is 5.02 Å². The van der Waals surface area contributed by atoms with Gasteiger partial charge in [-0.25, -0.2) is 9.97 Å². The Kier molecular flexibility index (Phi) is 4.51. The van der Waals surface area contributed by atoms with Gasteiger partial charge in [-0.15, -0.1) is 0 Å². The summed E-state index contributed by atoms with van der Waals surface area (Å²) in [5, 5.41) is 4.32. The highest BCUT2D eigenvalue weighted by Crippen LogP contribution is 2.34. The lowest BCUT2D eigenvalue weighted by atomic mass is 10.0. The van der Waals surface area contributed by atoms with E-state index in [1.165, 1.54) is 5.56 Å². The Morgan fingerprint density at radius 3 is 2.77 bits per heavy atom. The normalized spacial score (nSPS) is 15.9. The quantitative estimate of drug-likeness (QED) is 0.679. The predicted octanol–water partition coefficient (Wildman–Crippen LogP) is 5.35. The maximum atomic E-state index is 6.15. The molecule has 4 nitrogen and oxygen atoms in total. The summed E-state index contributed by atoms with van der Waals surface area (Å²) in [6.45, 7) is 4.61. The van der Waals surface area contributed by atoms with Crippen LogP contribution < -0.4 is 10.1 Å². The van der Waals surface area contributed by atoms with Crippen LogP contribution in [-0.2, 0) is 0 Å². The highest BCUT2D eigenvalue weighted by molar-refractivity contribution is 6.31. The van der Waals surface area contributed by atoms with Crippen LogP contribution >= 0.6 is 11.6 Å². The molecule has 2 aromatic carbocycles. The molecule has 1 unspecified atom stereocenters. The first-order valence-corrected chi connectivity index (χ1v) is 9.08. The summed E-state index contributed by atoms with van der Waals surface area (Å²) in [6, 6.07) is 16.3. The fourth-order valence-corrected chi connectivity index (χ4v) is 3.38. The fourth-order valence-electron chi connectivity index (χ4n) is 3.26. The molecule has 1 atom stereocenters. The molecule has 4 rings (SSSR count). The largest absolute Gasteiger partial charge is 0.493 e. The van der Waals surface area contributed by atoms with Crippen LogP contribution in [0.1, 0.15) is 29.4 Å². The Morgan fingerprint density at radius 1 is 1.08 bits per heavy atom. The zero-order valence-electron chi connectivity index (χ0n) is 14.8. The van der Waals surface area contributed by atoms with Gasteiger partial charge in [0.25, 0.3) is 0 Å². The van der Waals surface area contributed by atoms with E-state index >= 15 is 0 Å². The number of benzene rings is 2. The van der Waals surface area contributed by atoms with Gasteiger partial charge in [-0.2, -0.15) is 0 Å². The number of hydrogen-bond donors (Lipinski definition) is 1. The number of halogens is 1. The third-order valence-corrected chi connectivity index (χ3v) is 5.00. The van der Waals surface area contributed by atoms with Crippen molar-refractivity contribution in [2.75, 3.05) is 11.9 Å². The van der Waals surface area contributed by atoms with E-state index in [1.807, 2.05) is 50.2 Å². The van der Waals surface area contributed by atoms with E-state index in [0.29, 0.717) is 6.61 Å². The van der Waals surface area contributed by atoms with Crippen LogP contribution in [0.25, 0.3) is 11.3 Å². The van der Waals surface area contributed by atoms with Gasteiger partial charge < -0.3 is 10.1 Å². The molecule has 0 saturated carbocycles. The van der Waals surface area contributed by atoms with E-state index in [0.717, 1.165) is 45.7 Å². The standard InChI is InChI=1S/C21H20ClN3O/c1-13-11-15(7-8-17(13)22)19-12-21(24-14(2)23-19)25-18-9-10-26-20-6-4-3-5-16(18)20/h3-8,11-12,18H,9-10H2,1-2H3,(H,23,24,25). The van der Waals surface area contributed by atoms with E-state index in [4.69, 9.17) is 16.3 Å². The zero-order chi connectivity index (χ0) is 18.1. The van der Waals surface area contributed by atoms with E-state index in [9.17, 15) is 0 Å². The average Bonchev–Trinajstić information content (AvgIpc) is 2.64. The molecule has 1 aliphatic heterocycles. The van der Waals surface area contributed by atoms with Crippen molar-refractivity contribution < 1.29 is 4.74 Å². The van der Waals surface area contributed by atoms with E-state index in [-0.39, 0.29) is 6.04 Å². The molecular formula is C21H20ClN3O. The average molecular weight is 366 g/mol. The van der Waals surface area contributed by atoms with Crippen molar-refractivity contribution >= 4 is 17.4 Å². The number of aromatic nitrogens is 2.